The SMILES string of the molecule is COc1ccc(S(=O)(=O)N(CC(=O)N(Cc2ccc(Br)cc2)C(C)C(=O)NC2CCCC2)c2ccccc2)cc1. The number of methoxy groups -OCH3 is 1. The van der Waals surface area contributed by atoms with Gasteiger partial charge in [-0.25, -0.2) is 8.42 Å². The number of rotatable bonds is 11. The zero-order valence-electron chi connectivity index (χ0n) is 22.6. The number of amides is 2. The first-order valence-corrected chi connectivity index (χ1v) is 15.5. The van der Waals surface area contributed by atoms with Gasteiger partial charge in [-0.05, 0) is 73.9 Å². The van der Waals surface area contributed by atoms with Crippen molar-refractivity contribution in [3.63, 3.8) is 0 Å². The van der Waals surface area contributed by atoms with E-state index in [1.165, 1.54) is 24.1 Å². The minimum atomic E-state index is -4.13. The van der Waals surface area contributed by atoms with Gasteiger partial charge in [0.1, 0.15) is 18.3 Å². The Kier molecular flexibility index (Phi) is 9.86. The Morgan fingerprint density at radius 3 is 2.20 bits per heavy atom. The normalized spacial score (nSPS) is 14.4. The Morgan fingerprint density at radius 1 is 0.975 bits per heavy atom. The summed E-state index contributed by atoms with van der Waals surface area (Å²) >= 11 is 3.43. The highest BCUT2D eigenvalue weighted by molar-refractivity contribution is 9.10. The molecule has 0 saturated heterocycles. The Bertz CT molecular complexity index is 1390. The molecular formula is C30H34BrN3O5S. The molecule has 1 aliphatic carbocycles. The number of nitrogens with one attached hydrogen (secondary N) is 1. The molecule has 3 aromatic carbocycles. The van der Waals surface area contributed by atoms with E-state index < -0.39 is 28.5 Å². The molecule has 3 aromatic rings. The number of sulfonamides is 1. The van der Waals surface area contributed by atoms with Gasteiger partial charge < -0.3 is 15.0 Å². The zero-order valence-corrected chi connectivity index (χ0v) is 25.0. The van der Waals surface area contributed by atoms with Crippen LogP contribution in [0.25, 0.3) is 0 Å². The lowest BCUT2D eigenvalue weighted by atomic mass is 10.1. The Morgan fingerprint density at radius 2 is 1.60 bits per heavy atom. The maximum atomic E-state index is 14.0. The Hall–Kier alpha value is -3.37. The number of hydrogen-bond acceptors (Lipinski definition) is 5. The van der Waals surface area contributed by atoms with Crippen molar-refractivity contribution in [3.05, 3.63) is 88.9 Å². The summed E-state index contributed by atoms with van der Waals surface area (Å²) in [4.78, 5) is 28.7. The number of nitrogens with zero attached hydrogens (tertiary/aromatic N) is 2. The predicted molar refractivity (Wildman–Crippen MR) is 159 cm³/mol. The number of carbonyl (C=O) groups is 2. The molecule has 8 nitrogen and oxygen atoms in total. The fourth-order valence-electron chi connectivity index (χ4n) is 4.76. The Labute approximate surface area is 244 Å². The molecular weight excluding hydrogens is 594 g/mol. The van der Waals surface area contributed by atoms with Crippen molar-refractivity contribution in [2.24, 2.45) is 0 Å². The maximum absolute atomic E-state index is 14.0. The molecule has 0 aliphatic heterocycles. The predicted octanol–water partition coefficient (Wildman–Crippen LogP) is 5.13. The molecule has 0 heterocycles. The van der Waals surface area contributed by atoms with E-state index in [9.17, 15) is 18.0 Å². The van der Waals surface area contributed by atoms with Crippen molar-refractivity contribution in [1.29, 1.82) is 0 Å². The number of para-hydroxylation sites is 1. The lowest BCUT2D eigenvalue weighted by molar-refractivity contribution is -0.139. The minimum absolute atomic E-state index is 0.0245. The van der Waals surface area contributed by atoms with Crippen LogP contribution in [0.15, 0.2) is 88.2 Å². The lowest BCUT2D eigenvalue weighted by Crippen LogP contribution is -2.52. The first-order valence-electron chi connectivity index (χ1n) is 13.2. The van der Waals surface area contributed by atoms with Gasteiger partial charge in [0.25, 0.3) is 10.0 Å². The number of anilines is 1. The monoisotopic (exact) mass is 627 g/mol. The molecule has 4 rings (SSSR count). The summed E-state index contributed by atoms with van der Waals surface area (Å²) in [6.07, 6.45) is 3.97. The molecule has 1 atom stereocenters. The third-order valence-corrected chi connectivity index (χ3v) is 9.42. The molecule has 1 N–H and O–H groups in total. The van der Waals surface area contributed by atoms with Gasteiger partial charge in [0, 0.05) is 17.1 Å². The summed E-state index contributed by atoms with van der Waals surface area (Å²) < 4.78 is 34.9. The van der Waals surface area contributed by atoms with E-state index in [1.807, 2.05) is 24.3 Å². The van der Waals surface area contributed by atoms with Crippen LogP contribution in [0.3, 0.4) is 0 Å². The van der Waals surface area contributed by atoms with Crippen molar-refractivity contribution in [1.82, 2.24) is 10.2 Å². The van der Waals surface area contributed by atoms with Gasteiger partial charge in [-0.3, -0.25) is 13.9 Å². The van der Waals surface area contributed by atoms with E-state index >= 15 is 0 Å². The summed E-state index contributed by atoms with van der Waals surface area (Å²) in [5.41, 5.74) is 1.17. The first-order chi connectivity index (χ1) is 19.2. The van der Waals surface area contributed by atoms with Crippen molar-refractivity contribution in [2.45, 2.75) is 56.1 Å². The summed E-state index contributed by atoms with van der Waals surface area (Å²) in [7, 11) is -2.62. The highest BCUT2D eigenvalue weighted by atomic mass is 79.9. The van der Waals surface area contributed by atoms with Gasteiger partial charge in [0.2, 0.25) is 11.8 Å². The molecule has 0 bridgehead atoms. The van der Waals surface area contributed by atoms with Crippen molar-refractivity contribution < 1.29 is 22.7 Å². The van der Waals surface area contributed by atoms with E-state index in [0.717, 1.165) is 40.0 Å². The molecule has 1 aliphatic rings. The van der Waals surface area contributed by atoms with Gasteiger partial charge >= 0.3 is 0 Å². The maximum Gasteiger partial charge on any atom is 0.264 e. The van der Waals surface area contributed by atoms with Crippen LogP contribution in [-0.2, 0) is 26.2 Å². The van der Waals surface area contributed by atoms with Crippen LogP contribution >= 0.6 is 15.9 Å². The van der Waals surface area contributed by atoms with Gasteiger partial charge in [0.15, 0.2) is 0 Å². The fourth-order valence-corrected chi connectivity index (χ4v) is 6.44. The lowest BCUT2D eigenvalue weighted by Gasteiger charge is -2.32. The third-order valence-electron chi connectivity index (χ3n) is 7.11. The van der Waals surface area contributed by atoms with Crippen LogP contribution in [-0.4, -0.2) is 50.9 Å². The number of carbonyl (C=O) groups excluding carboxylic acids is 2. The smallest absolute Gasteiger partial charge is 0.264 e. The van der Waals surface area contributed by atoms with E-state index in [-0.39, 0.29) is 23.4 Å². The Balaban J connectivity index is 1.66. The van der Waals surface area contributed by atoms with Crippen molar-refractivity contribution in [2.75, 3.05) is 18.0 Å². The molecule has 1 unspecified atom stereocenters. The minimum Gasteiger partial charge on any atom is -0.497 e. The van der Waals surface area contributed by atoms with Crippen LogP contribution in [0.5, 0.6) is 5.75 Å². The molecule has 0 spiro atoms. The van der Waals surface area contributed by atoms with Crippen LogP contribution in [0.2, 0.25) is 0 Å². The second-order valence-electron chi connectivity index (χ2n) is 9.84. The second-order valence-corrected chi connectivity index (χ2v) is 12.6. The van der Waals surface area contributed by atoms with Crippen LogP contribution < -0.4 is 14.4 Å². The van der Waals surface area contributed by atoms with Crippen LogP contribution in [0.4, 0.5) is 5.69 Å². The largest absolute Gasteiger partial charge is 0.497 e. The summed E-state index contributed by atoms with van der Waals surface area (Å²) in [5, 5.41) is 3.08. The summed E-state index contributed by atoms with van der Waals surface area (Å²) in [5.74, 6) is -0.219. The molecule has 0 radical (unpaired) electrons. The van der Waals surface area contributed by atoms with Gasteiger partial charge in [-0.1, -0.05) is 59.1 Å². The number of ether oxygens (including phenoxy) is 1. The molecule has 1 fully saturated rings. The molecule has 10 heteroatoms. The molecule has 40 heavy (non-hydrogen) atoms. The molecule has 1 saturated carbocycles. The number of halogens is 1. The fraction of sp³-hybridized carbons (Fsp3) is 0.333. The summed E-state index contributed by atoms with van der Waals surface area (Å²) in [6, 6.07) is 21.3. The number of benzene rings is 3. The van der Waals surface area contributed by atoms with E-state index in [2.05, 4.69) is 21.2 Å². The van der Waals surface area contributed by atoms with E-state index in [4.69, 9.17) is 4.74 Å². The van der Waals surface area contributed by atoms with Crippen molar-refractivity contribution >= 4 is 43.5 Å². The van der Waals surface area contributed by atoms with E-state index in [0.29, 0.717) is 11.4 Å². The topological polar surface area (TPSA) is 96.0 Å². The molecule has 2 amide bonds. The zero-order chi connectivity index (χ0) is 28.7. The quantitative estimate of drug-likeness (QED) is 0.318. The first kappa shape index (κ1) is 29.6. The van der Waals surface area contributed by atoms with Crippen LogP contribution in [0, 0.1) is 0 Å². The highest BCUT2D eigenvalue weighted by Crippen LogP contribution is 2.26. The summed E-state index contributed by atoms with van der Waals surface area (Å²) in [6.45, 7) is 1.36. The second kappa shape index (κ2) is 13.3. The van der Waals surface area contributed by atoms with Crippen molar-refractivity contribution in [3.8, 4) is 5.75 Å². The highest BCUT2D eigenvalue weighted by Gasteiger charge is 2.33. The van der Waals surface area contributed by atoms with Gasteiger partial charge in [-0.15, -0.1) is 0 Å². The average molecular weight is 629 g/mol. The third kappa shape index (κ3) is 7.22. The van der Waals surface area contributed by atoms with Crippen LogP contribution in [0.1, 0.15) is 38.2 Å². The van der Waals surface area contributed by atoms with Gasteiger partial charge in [0.05, 0.1) is 17.7 Å². The van der Waals surface area contributed by atoms with Gasteiger partial charge in [-0.2, -0.15) is 0 Å². The molecule has 0 aromatic heterocycles. The van der Waals surface area contributed by atoms with E-state index in [1.54, 1.807) is 49.4 Å². The number of hydrogen-bond donors (Lipinski definition) is 1. The average Bonchev–Trinajstić information content (AvgIpc) is 3.48. The molecule has 212 valence electrons. The standard InChI is InChI=1S/C30H34BrN3O5S/c1-22(30(36)32-25-8-6-7-9-25)33(20-23-12-14-24(31)15-13-23)29(35)21-34(26-10-4-3-5-11-26)40(37,38)28-18-16-27(39-2)17-19-28/h3-5,10-19,22,25H,6-9,20-21H2,1-2H3,(H,32,36).